The minimum Gasteiger partial charge on any atom is -0.382 e. The van der Waals surface area contributed by atoms with Gasteiger partial charge in [0.25, 0.3) is 5.89 Å². The zero-order valence-corrected chi connectivity index (χ0v) is 9.72. The number of hydrogen-bond donors (Lipinski definition) is 2. The van der Waals surface area contributed by atoms with E-state index in [2.05, 4.69) is 17.1 Å². The first-order valence-electron chi connectivity index (χ1n) is 5.56. The van der Waals surface area contributed by atoms with Crippen molar-refractivity contribution in [2.75, 3.05) is 13.2 Å². The Bertz CT molecular complexity index is 297. The highest BCUT2D eigenvalue weighted by Gasteiger charge is 2.20. The largest absolute Gasteiger partial charge is 0.382 e. The van der Waals surface area contributed by atoms with Crippen LogP contribution < -0.4 is 5.73 Å². The Hall–Kier alpha value is -0.980. The highest BCUT2D eigenvalue weighted by atomic mass is 16.5. The summed E-state index contributed by atoms with van der Waals surface area (Å²) in [5.41, 5.74) is 5.30. The number of hydrogen-bond acceptors (Lipinski definition) is 6. The predicted octanol–water partition coefficient (Wildman–Crippen LogP) is 0.939. The molecule has 92 valence electrons. The first kappa shape index (κ1) is 13.1. The number of nitrogens with zero attached hydrogens (tertiary/aromatic N) is 2. The zero-order valence-electron chi connectivity index (χ0n) is 9.72. The molecule has 0 saturated heterocycles. The van der Waals surface area contributed by atoms with Crippen LogP contribution in [0, 0.1) is 0 Å². The Morgan fingerprint density at radius 2 is 2.25 bits per heavy atom. The van der Waals surface area contributed by atoms with E-state index >= 15 is 0 Å². The third-order valence-corrected chi connectivity index (χ3v) is 2.17. The smallest absolute Gasteiger partial charge is 0.256 e. The molecule has 1 rings (SSSR count). The average Bonchev–Trinajstić information content (AvgIpc) is 2.77. The van der Waals surface area contributed by atoms with Gasteiger partial charge in [0.1, 0.15) is 12.2 Å². The number of ether oxygens (including phenoxy) is 1. The van der Waals surface area contributed by atoms with Crippen molar-refractivity contribution in [2.45, 2.75) is 38.9 Å². The molecule has 0 aliphatic rings. The summed E-state index contributed by atoms with van der Waals surface area (Å²) >= 11 is 0. The fourth-order valence-electron chi connectivity index (χ4n) is 1.36. The third-order valence-electron chi connectivity index (χ3n) is 2.17. The summed E-state index contributed by atoms with van der Waals surface area (Å²) in [4.78, 5) is 4.09. The van der Waals surface area contributed by atoms with E-state index in [0.717, 1.165) is 12.8 Å². The van der Waals surface area contributed by atoms with Crippen LogP contribution in [-0.4, -0.2) is 28.4 Å². The van der Waals surface area contributed by atoms with Crippen molar-refractivity contribution in [2.24, 2.45) is 5.73 Å². The molecular weight excluding hydrogens is 210 g/mol. The van der Waals surface area contributed by atoms with Crippen LogP contribution in [0.25, 0.3) is 0 Å². The lowest BCUT2D eigenvalue weighted by Gasteiger charge is -2.11. The minimum atomic E-state index is -0.898. The molecule has 0 spiro atoms. The van der Waals surface area contributed by atoms with Crippen molar-refractivity contribution in [1.29, 1.82) is 0 Å². The van der Waals surface area contributed by atoms with Crippen LogP contribution in [0.1, 0.15) is 50.6 Å². The van der Waals surface area contributed by atoms with Gasteiger partial charge in [-0.3, -0.25) is 0 Å². The van der Waals surface area contributed by atoms with Crippen LogP contribution in [0.5, 0.6) is 0 Å². The normalized spacial score (nSPS) is 15.0. The summed E-state index contributed by atoms with van der Waals surface area (Å²) in [6.07, 6.45) is 0.724. The lowest BCUT2D eigenvalue weighted by molar-refractivity contribution is 0.0477. The second-order valence-electron chi connectivity index (χ2n) is 3.47. The topological polar surface area (TPSA) is 94.4 Å². The van der Waals surface area contributed by atoms with Crippen LogP contribution in [0.3, 0.4) is 0 Å². The highest BCUT2D eigenvalue weighted by Crippen LogP contribution is 2.21. The Labute approximate surface area is 94.8 Å². The number of nitrogens with two attached hydrogens (primary N) is 1. The molecule has 6 heteroatoms. The molecule has 2 unspecified atom stereocenters. The van der Waals surface area contributed by atoms with E-state index in [4.69, 9.17) is 15.0 Å². The van der Waals surface area contributed by atoms with E-state index in [-0.39, 0.29) is 18.5 Å². The predicted molar refractivity (Wildman–Crippen MR) is 57.6 cm³/mol. The quantitative estimate of drug-likeness (QED) is 0.722. The Kier molecular flexibility index (Phi) is 5.37. The summed E-state index contributed by atoms with van der Waals surface area (Å²) in [6.45, 7) is 4.63. The Morgan fingerprint density at radius 3 is 2.81 bits per heavy atom. The van der Waals surface area contributed by atoms with Gasteiger partial charge in [-0.05, 0) is 13.3 Å². The van der Waals surface area contributed by atoms with Gasteiger partial charge in [0.05, 0.1) is 0 Å². The number of aliphatic hydroxyl groups is 1. The first-order chi connectivity index (χ1) is 7.72. The lowest BCUT2D eigenvalue weighted by atomic mass is 10.2. The van der Waals surface area contributed by atoms with Gasteiger partial charge in [0, 0.05) is 13.2 Å². The molecular formula is C10H19N3O3. The van der Waals surface area contributed by atoms with Gasteiger partial charge in [-0.25, -0.2) is 0 Å². The van der Waals surface area contributed by atoms with Crippen molar-refractivity contribution in [1.82, 2.24) is 10.1 Å². The van der Waals surface area contributed by atoms with Crippen LogP contribution in [0.15, 0.2) is 4.52 Å². The summed E-state index contributed by atoms with van der Waals surface area (Å²) in [6, 6.07) is 0. The second kappa shape index (κ2) is 6.57. The molecule has 3 N–H and O–H groups in total. The van der Waals surface area contributed by atoms with Gasteiger partial charge < -0.3 is 20.1 Å². The maximum atomic E-state index is 9.42. The molecule has 1 aromatic heterocycles. The van der Waals surface area contributed by atoms with Crippen LogP contribution in [0.2, 0.25) is 0 Å². The molecule has 6 nitrogen and oxygen atoms in total. The van der Waals surface area contributed by atoms with Crippen LogP contribution >= 0.6 is 0 Å². The molecule has 0 aromatic carbocycles. The molecule has 2 atom stereocenters. The lowest BCUT2D eigenvalue weighted by Crippen LogP contribution is -2.12. The second-order valence-corrected chi connectivity index (χ2v) is 3.47. The van der Waals surface area contributed by atoms with E-state index < -0.39 is 6.10 Å². The van der Waals surface area contributed by atoms with Crippen molar-refractivity contribution in [3.05, 3.63) is 11.7 Å². The molecule has 0 fully saturated rings. The van der Waals surface area contributed by atoms with Crippen molar-refractivity contribution < 1.29 is 14.4 Å². The van der Waals surface area contributed by atoms with Gasteiger partial charge in [-0.15, -0.1) is 0 Å². The zero-order chi connectivity index (χ0) is 12.0. The summed E-state index contributed by atoms with van der Waals surface area (Å²) in [7, 11) is 0. The van der Waals surface area contributed by atoms with E-state index in [1.807, 2.05) is 6.92 Å². The molecule has 0 aliphatic heterocycles. The van der Waals surface area contributed by atoms with Gasteiger partial charge in [-0.2, -0.15) is 4.98 Å². The van der Waals surface area contributed by atoms with Crippen molar-refractivity contribution in [3.8, 4) is 0 Å². The van der Waals surface area contributed by atoms with Gasteiger partial charge in [0.2, 0.25) is 5.82 Å². The Balaban J connectivity index is 2.72. The molecule has 1 heterocycles. The summed E-state index contributed by atoms with van der Waals surface area (Å²) in [5, 5.41) is 13.2. The molecule has 0 saturated carbocycles. The Morgan fingerprint density at radius 1 is 1.50 bits per heavy atom. The SMILES string of the molecule is CCCC(OCC)c1noc(C(O)CN)n1. The molecule has 0 aliphatic carbocycles. The van der Waals surface area contributed by atoms with Crippen molar-refractivity contribution in [3.63, 3.8) is 0 Å². The molecule has 0 radical (unpaired) electrons. The van der Waals surface area contributed by atoms with Crippen molar-refractivity contribution >= 4 is 0 Å². The van der Waals surface area contributed by atoms with Gasteiger partial charge in [-0.1, -0.05) is 18.5 Å². The fourth-order valence-corrected chi connectivity index (χ4v) is 1.36. The maximum absolute atomic E-state index is 9.42. The molecule has 1 aromatic rings. The number of aliphatic hydroxyl groups excluding tert-OH is 1. The molecule has 16 heavy (non-hydrogen) atoms. The molecule has 0 bridgehead atoms. The fraction of sp³-hybridized carbons (Fsp3) is 0.800. The van der Waals surface area contributed by atoms with Crippen LogP contribution in [0.4, 0.5) is 0 Å². The van der Waals surface area contributed by atoms with E-state index in [1.54, 1.807) is 0 Å². The van der Waals surface area contributed by atoms with Gasteiger partial charge in [0.15, 0.2) is 0 Å². The highest BCUT2D eigenvalue weighted by molar-refractivity contribution is 4.94. The standard InChI is InChI=1S/C10H19N3O3/c1-3-5-8(15-4-2)9-12-10(16-13-9)7(14)6-11/h7-8,14H,3-6,11H2,1-2H3. The third kappa shape index (κ3) is 3.26. The maximum Gasteiger partial charge on any atom is 0.256 e. The first-order valence-corrected chi connectivity index (χ1v) is 5.56. The van der Waals surface area contributed by atoms with E-state index in [0.29, 0.717) is 12.4 Å². The minimum absolute atomic E-state index is 0.0642. The monoisotopic (exact) mass is 229 g/mol. The van der Waals surface area contributed by atoms with Crippen LogP contribution in [-0.2, 0) is 4.74 Å². The van der Waals surface area contributed by atoms with E-state index in [9.17, 15) is 5.11 Å². The van der Waals surface area contributed by atoms with E-state index in [1.165, 1.54) is 0 Å². The molecule has 0 amide bonds. The number of rotatable bonds is 7. The van der Waals surface area contributed by atoms with Gasteiger partial charge >= 0.3 is 0 Å². The average molecular weight is 229 g/mol. The summed E-state index contributed by atoms with van der Waals surface area (Å²) < 4.78 is 10.4. The number of aromatic nitrogens is 2. The summed E-state index contributed by atoms with van der Waals surface area (Å²) in [5.74, 6) is 0.629.